The molecule has 0 N–H and O–H groups in total. The van der Waals surface area contributed by atoms with Crippen LogP contribution in [0, 0.1) is 6.92 Å². The molecule has 0 aliphatic carbocycles. The van der Waals surface area contributed by atoms with Gasteiger partial charge in [0.15, 0.2) is 0 Å². The Morgan fingerprint density at radius 3 is 2.44 bits per heavy atom. The average molecular weight is 376 g/mol. The number of halogens is 3. The van der Waals surface area contributed by atoms with E-state index in [9.17, 15) is 21.6 Å². The van der Waals surface area contributed by atoms with Crippen LogP contribution < -0.4 is 0 Å². The summed E-state index contributed by atoms with van der Waals surface area (Å²) in [7, 11) is -3.92. The standard InChI is InChI=1S/C17H23F3N2O2S/c1-13-6-7-15(11-16(13)17(18,19)20)25(23,24)22-10-4-5-14(22)12-21-8-2-3-9-21/h6-7,11,14H,2-5,8-10,12H2,1H3/t14-/m1/s1. The van der Waals surface area contributed by atoms with Gasteiger partial charge in [-0.2, -0.15) is 17.5 Å². The SMILES string of the molecule is Cc1ccc(S(=O)(=O)N2CCC[C@@H]2CN2CCCC2)cc1C(F)(F)F. The highest BCUT2D eigenvalue weighted by Crippen LogP contribution is 2.35. The molecule has 4 nitrogen and oxygen atoms in total. The molecule has 0 spiro atoms. The molecule has 2 heterocycles. The van der Waals surface area contributed by atoms with E-state index in [4.69, 9.17) is 0 Å². The Labute approximate surface area is 146 Å². The van der Waals surface area contributed by atoms with Crippen molar-refractivity contribution in [3.05, 3.63) is 29.3 Å². The summed E-state index contributed by atoms with van der Waals surface area (Å²) >= 11 is 0. The molecular weight excluding hydrogens is 353 g/mol. The third kappa shape index (κ3) is 3.85. The molecule has 0 bridgehead atoms. The molecule has 0 saturated carbocycles. The Hall–Kier alpha value is -1.12. The van der Waals surface area contributed by atoms with Gasteiger partial charge in [0.25, 0.3) is 0 Å². The first-order valence-corrected chi connectivity index (χ1v) is 10.1. The Morgan fingerprint density at radius 1 is 1.12 bits per heavy atom. The van der Waals surface area contributed by atoms with Crippen LogP contribution in [0.4, 0.5) is 13.2 Å². The quantitative estimate of drug-likeness (QED) is 0.810. The van der Waals surface area contributed by atoms with E-state index in [-0.39, 0.29) is 16.5 Å². The van der Waals surface area contributed by atoms with Crippen LogP contribution in [0.15, 0.2) is 23.1 Å². The third-order valence-electron chi connectivity index (χ3n) is 5.11. The van der Waals surface area contributed by atoms with Gasteiger partial charge in [0.05, 0.1) is 10.5 Å². The number of likely N-dealkylation sites (tertiary alicyclic amines) is 1. The van der Waals surface area contributed by atoms with Gasteiger partial charge in [-0.25, -0.2) is 8.42 Å². The highest BCUT2D eigenvalue weighted by Gasteiger charge is 2.38. The highest BCUT2D eigenvalue weighted by atomic mass is 32.2. The molecule has 1 atom stereocenters. The van der Waals surface area contributed by atoms with Gasteiger partial charge in [-0.05, 0) is 63.4 Å². The first kappa shape index (κ1) is 18.7. The van der Waals surface area contributed by atoms with Crippen LogP contribution in [0.1, 0.15) is 36.8 Å². The summed E-state index contributed by atoms with van der Waals surface area (Å²) in [6.45, 7) is 4.30. The van der Waals surface area contributed by atoms with Crippen molar-refractivity contribution in [1.29, 1.82) is 0 Å². The van der Waals surface area contributed by atoms with E-state index in [1.807, 2.05) is 0 Å². The molecule has 1 aromatic rings. The number of sulfonamides is 1. The summed E-state index contributed by atoms with van der Waals surface area (Å²) in [6.07, 6.45) is -0.822. The number of alkyl halides is 3. The normalized spacial score (nSPS) is 23.4. The van der Waals surface area contributed by atoms with E-state index in [2.05, 4.69) is 4.90 Å². The van der Waals surface area contributed by atoms with Crippen LogP contribution >= 0.6 is 0 Å². The zero-order chi connectivity index (χ0) is 18.2. The lowest BCUT2D eigenvalue weighted by Crippen LogP contribution is -2.42. The smallest absolute Gasteiger partial charge is 0.302 e. The minimum Gasteiger partial charge on any atom is -0.302 e. The van der Waals surface area contributed by atoms with Crippen LogP contribution in [-0.4, -0.2) is 49.8 Å². The summed E-state index contributed by atoms with van der Waals surface area (Å²) in [4.78, 5) is 1.98. The van der Waals surface area contributed by atoms with Crippen molar-refractivity contribution in [2.45, 2.75) is 49.7 Å². The van der Waals surface area contributed by atoms with Crippen molar-refractivity contribution in [2.75, 3.05) is 26.2 Å². The number of rotatable bonds is 4. The second-order valence-corrected chi connectivity index (χ2v) is 8.78. The van der Waals surface area contributed by atoms with Crippen LogP contribution in [-0.2, 0) is 16.2 Å². The van der Waals surface area contributed by atoms with E-state index in [1.165, 1.54) is 23.4 Å². The van der Waals surface area contributed by atoms with Crippen molar-refractivity contribution < 1.29 is 21.6 Å². The number of benzene rings is 1. The van der Waals surface area contributed by atoms with Crippen LogP contribution in [0.25, 0.3) is 0 Å². The largest absolute Gasteiger partial charge is 0.416 e. The summed E-state index contributed by atoms with van der Waals surface area (Å²) in [5, 5.41) is 0. The van der Waals surface area contributed by atoms with Gasteiger partial charge in [0, 0.05) is 19.1 Å². The first-order valence-electron chi connectivity index (χ1n) is 8.61. The Kier molecular flexibility index (Phi) is 5.14. The van der Waals surface area contributed by atoms with E-state index in [0.717, 1.165) is 44.8 Å². The Balaban J connectivity index is 1.87. The van der Waals surface area contributed by atoms with E-state index < -0.39 is 21.8 Å². The van der Waals surface area contributed by atoms with Crippen molar-refractivity contribution in [2.24, 2.45) is 0 Å². The monoisotopic (exact) mass is 376 g/mol. The average Bonchev–Trinajstić information content (AvgIpc) is 3.18. The first-order chi connectivity index (χ1) is 11.7. The molecule has 25 heavy (non-hydrogen) atoms. The van der Waals surface area contributed by atoms with Crippen molar-refractivity contribution in [3.63, 3.8) is 0 Å². The summed E-state index contributed by atoms with van der Waals surface area (Å²) < 4.78 is 66.7. The van der Waals surface area contributed by atoms with Crippen LogP contribution in [0.5, 0.6) is 0 Å². The fourth-order valence-electron chi connectivity index (χ4n) is 3.77. The van der Waals surface area contributed by atoms with Crippen molar-refractivity contribution in [3.8, 4) is 0 Å². The highest BCUT2D eigenvalue weighted by molar-refractivity contribution is 7.89. The maximum atomic E-state index is 13.1. The minimum absolute atomic E-state index is 0.0292. The predicted octanol–water partition coefficient (Wildman–Crippen LogP) is 3.26. The van der Waals surface area contributed by atoms with Crippen molar-refractivity contribution >= 4 is 10.0 Å². The van der Waals surface area contributed by atoms with Gasteiger partial charge in [-0.1, -0.05) is 6.07 Å². The third-order valence-corrected chi connectivity index (χ3v) is 7.06. The summed E-state index contributed by atoms with van der Waals surface area (Å²) in [5.41, 5.74) is -0.856. The van der Waals surface area contributed by atoms with E-state index >= 15 is 0 Å². The minimum atomic E-state index is -4.56. The van der Waals surface area contributed by atoms with Gasteiger partial charge in [0.2, 0.25) is 10.0 Å². The molecule has 2 aliphatic heterocycles. The van der Waals surface area contributed by atoms with Gasteiger partial charge >= 0.3 is 6.18 Å². The molecule has 8 heteroatoms. The number of hydrogen-bond acceptors (Lipinski definition) is 3. The lowest BCUT2D eigenvalue weighted by atomic mass is 10.1. The maximum absolute atomic E-state index is 13.1. The second-order valence-electron chi connectivity index (χ2n) is 6.89. The van der Waals surface area contributed by atoms with Crippen molar-refractivity contribution in [1.82, 2.24) is 9.21 Å². The van der Waals surface area contributed by atoms with Crippen LogP contribution in [0.2, 0.25) is 0 Å². The molecule has 2 saturated heterocycles. The van der Waals surface area contributed by atoms with Gasteiger partial charge in [-0.15, -0.1) is 0 Å². The maximum Gasteiger partial charge on any atom is 0.416 e. The van der Waals surface area contributed by atoms with Gasteiger partial charge in [0.1, 0.15) is 0 Å². The van der Waals surface area contributed by atoms with Crippen LogP contribution in [0.3, 0.4) is 0 Å². The molecule has 2 aliphatic rings. The second kappa shape index (κ2) is 6.89. The molecule has 0 aromatic heterocycles. The van der Waals surface area contributed by atoms with E-state index in [1.54, 1.807) is 0 Å². The molecule has 0 amide bonds. The molecule has 3 rings (SSSR count). The molecule has 0 unspecified atom stereocenters. The topological polar surface area (TPSA) is 40.6 Å². The lowest BCUT2D eigenvalue weighted by Gasteiger charge is -2.28. The fraction of sp³-hybridized carbons (Fsp3) is 0.647. The molecule has 140 valence electrons. The molecule has 1 aromatic carbocycles. The van der Waals surface area contributed by atoms with Gasteiger partial charge < -0.3 is 4.90 Å². The fourth-order valence-corrected chi connectivity index (χ4v) is 5.49. The number of hydrogen-bond donors (Lipinski definition) is 0. The lowest BCUT2D eigenvalue weighted by molar-refractivity contribution is -0.138. The Bertz CT molecular complexity index is 728. The zero-order valence-electron chi connectivity index (χ0n) is 14.2. The molecule has 0 radical (unpaired) electrons. The van der Waals surface area contributed by atoms with E-state index in [0.29, 0.717) is 13.1 Å². The number of nitrogens with zero attached hydrogens (tertiary/aromatic N) is 2. The summed E-state index contributed by atoms with van der Waals surface area (Å²) in [6, 6.07) is 3.14. The number of aryl methyl sites for hydroxylation is 1. The summed E-state index contributed by atoms with van der Waals surface area (Å²) in [5.74, 6) is 0. The molecule has 2 fully saturated rings. The zero-order valence-corrected chi connectivity index (χ0v) is 15.0. The molecular formula is C17H23F3N2O2S. The van der Waals surface area contributed by atoms with Gasteiger partial charge in [-0.3, -0.25) is 0 Å². The predicted molar refractivity (Wildman–Crippen MR) is 88.8 cm³/mol. The Morgan fingerprint density at radius 2 is 1.80 bits per heavy atom.